The number of esters is 4. The van der Waals surface area contributed by atoms with Gasteiger partial charge in [-0.1, -0.05) is 381 Å². The molecule has 0 spiro atoms. The van der Waals surface area contributed by atoms with Crippen LogP contribution < -0.4 is 0 Å². The summed E-state index contributed by atoms with van der Waals surface area (Å²) in [5.41, 5.74) is 0. The number of ether oxygens (including phenoxy) is 4. The smallest absolute Gasteiger partial charge is 0.462 e. The lowest BCUT2D eigenvalue weighted by atomic mass is 10.0. The van der Waals surface area contributed by atoms with Crippen molar-refractivity contribution in [1.29, 1.82) is 0 Å². The van der Waals surface area contributed by atoms with E-state index in [1.807, 2.05) is 0 Å². The minimum Gasteiger partial charge on any atom is -0.462 e. The van der Waals surface area contributed by atoms with E-state index < -0.39 is 97.5 Å². The fourth-order valence-electron chi connectivity index (χ4n) is 12.5. The standard InChI is InChI=1S/C80H156O17P2/c1-5-9-13-17-21-25-28-31-34-36-37-38-39-42-45-48-51-55-59-63-67-80(85)97-76(71-91-78(83)65-61-57-53-49-46-43-41-35-32-29-26-22-18-14-10-6-2)73-95-99(88,89)93-69-74(81)68-92-98(86,87)94-72-75(70-90-77(82)64-60-56-52-24-20-16-12-8-4)96-79(84)66-62-58-54-50-47-44-40-33-30-27-23-19-15-11-7-3/h74-76,81H,5-73H2,1-4H3,(H,86,87)(H,88,89)/t74-,75+,76+/m0/s1. The summed E-state index contributed by atoms with van der Waals surface area (Å²) in [6.07, 6.45) is 66.7. The minimum atomic E-state index is -4.96. The first-order chi connectivity index (χ1) is 48.2. The van der Waals surface area contributed by atoms with E-state index >= 15 is 0 Å². The van der Waals surface area contributed by atoms with Crippen molar-refractivity contribution >= 4 is 39.5 Å². The first-order valence-corrected chi connectivity index (χ1v) is 44.8. The van der Waals surface area contributed by atoms with Gasteiger partial charge in [0, 0.05) is 25.7 Å². The molecule has 0 amide bonds. The quantitative estimate of drug-likeness (QED) is 0.0222. The van der Waals surface area contributed by atoms with Crippen LogP contribution in [-0.4, -0.2) is 96.7 Å². The van der Waals surface area contributed by atoms with Gasteiger partial charge in [0.15, 0.2) is 12.2 Å². The second-order valence-electron chi connectivity index (χ2n) is 28.8. The van der Waals surface area contributed by atoms with Crippen molar-refractivity contribution in [2.45, 2.75) is 451 Å². The van der Waals surface area contributed by atoms with Gasteiger partial charge in [-0.15, -0.1) is 0 Å². The second kappa shape index (κ2) is 74.3. The summed E-state index contributed by atoms with van der Waals surface area (Å²) >= 11 is 0. The summed E-state index contributed by atoms with van der Waals surface area (Å²) in [6.45, 7) is 5.00. The number of hydrogen-bond acceptors (Lipinski definition) is 15. The molecule has 3 N–H and O–H groups in total. The fraction of sp³-hybridized carbons (Fsp3) is 0.950. The van der Waals surface area contributed by atoms with Crippen LogP contribution in [0.1, 0.15) is 432 Å². The van der Waals surface area contributed by atoms with Crippen molar-refractivity contribution in [3.05, 3.63) is 0 Å². The maximum Gasteiger partial charge on any atom is 0.472 e. The van der Waals surface area contributed by atoms with Crippen LogP contribution in [-0.2, 0) is 65.4 Å². The Balaban J connectivity index is 5.19. The van der Waals surface area contributed by atoms with Gasteiger partial charge in [0.05, 0.1) is 26.4 Å². The van der Waals surface area contributed by atoms with E-state index in [4.69, 9.17) is 37.0 Å². The Labute approximate surface area is 607 Å². The van der Waals surface area contributed by atoms with Crippen molar-refractivity contribution < 1.29 is 80.2 Å². The SMILES string of the molecule is CCCCCCCCCCCCCCCCCCCCCCC(=O)O[C@H](COC(=O)CCCCCCCCCCCCCCCCCC)COP(=O)(O)OC[C@@H](O)COP(=O)(O)OC[C@@H](COC(=O)CCCCCCCCCC)OC(=O)CCCCCCCCCCCCCCCCC. The van der Waals surface area contributed by atoms with Crippen LogP contribution in [0.5, 0.6) is 0 Å². The molecule has 0 radical (unpaired) electrons. The normalized spacial score (nSPS) is 13.8. The summed E-state index contributed by atoms with van der Waals surface area (Å²) < 4.78 is 68.6. The van der Waals surface area contributed by atoms with E-state index in [0.717, 1.165) is 89.9 Å². The molecule has 0 aliphatic rings. The number of unbranched alkanes of at least 4 members (excludes halogenated alkanes) is 55. The van der Waals surface area contributed by atoms with Gasteiger partial charge in [-0.3, -0.25) is 37.3 Å². The maximum atomic E-state index is 13.1. The Hall–Kier alpha value is -1.94. The molecule has 0 aromatic carbocycles. The molecule has 99 heavy (non-hydrogen) atoms. The molecule has 0 saturated heterocycles. The average molecular weight is 1450 g/mol. The van der Waals surface area contributed by atoms with E-state index in [9.17, 15) is 43.2 Å². The third-order valence-electron chi connectivity index (χ3n) is 18.9. The molecule has 0 fully saturated rings. The van der Waals surface area contributed by atoms with Crippen LogP contribution in [0.2, 0.25) is 0 Å². The van der Waals surface area contributed by atoms with Gasteiger partial charge in [0.25, 0.3) is 0 Å². The Morgan fingerprint density at radius 3 is 0.596 bits per heavy atom. The van der Waals surface area contributed by atoms with Crippen LogP contribution >= 0.6 is 15.6 Å². The molecule has 0 aromatic rings. The molecule has 0 aromatic heterocycles. The summed E-state index contributed by atoms with van der Waals surface area (Å²) in [5, 5.41) is 10.6. The lowest BCUT2D eigenvalue weighted by Gasteiger charge is -2.21. The fourth-order valence-corrected chi connectivity index (χ4v) is 14.0. The minimum absolute atomic E-state index is 0.109. The predicted molar refractivity (Wildman–Crippen MR) is 405 cm³/mol. The summed E-state index contributed by atoms with van der Waals surface area (Å²) in [7, 11) is -9.91. The average Bonchev–Trinajstić information content (AvgIpc) is 1.95. The monoisotopic (exact) mass is 1450 g/mol. The number of carbonyl (C=O) groups excluding carboxylic acids is 4. The number of phosphoric acid groups is 2. The van der Waals surface area contributed by atoms with Crippen LogP contribution in [0.3, 0.4) is 0 Å². The maximum absolute atomic E-state index is 13.1. The van der Waals surface area contributed by atoms with Gasteiger partial charge in [-0.05, 0) is 25.7 Å². The van der Waals surface area contributed by atoms with E-state index in [2.05, 4.69) is 27.7 Å². The predicted octanol–water partition coefficient (Wildman–Crippen LogP) is 24.2. The zero-order valence-corrected chi connectivity index (χ0v) is 66.3. The third kappa shape index (κ3) is 74.1. The van der Waals surface area contributed by atoms with Crippen LogP contribution in [0.15, 0.2) is 0 Å². The molecule has 5 atom stereocenters. The number of aliphatic hydroxyl groups is 1. The Bertz CT molecular complexity index is 1880. The highest BCUT2D eigenvalue weighted by atomic mass is 31.2. The van der Waals surface area contributed by atoms with Crippen molar-refractivity contribution in [3.63, 3.8) is 0 Å². The first-order valence-electron chi connectivity index (χ1n) is 41.8. The lowest BCUT2D eigenvalue weighted by molar-refractivity contribution is -0.161. The van der Waals surface area contributed by atoms with E-state index in [-0.39, 0.29) is 25.7 Å². The van der Waals surface area contributed by atoms with Gasteiger partial charge in [0.2, 0.25) is 0 Å². The lowest BCUT2D eigenvalue weighted by Crippen LogP contribution is -2.30. The highest BCUT2D eigenvalue weighted by Gasteiger charge is 2.30. The number of rotatable bonds is 81. The number of hydrogen-bond donors (Lipinski definition) is 3. The number of carbonyl (C=O) groups is 4. The van der Waals surface area contributed by atoms with Crippen molar-refractivity contribution in [1.82, 2.24) is 0 Å². The molecule has 19 heteroatoms. The van der Waals surface area contributed by atoms with Crippen LogP contribution in [0.25, 0.3) is 0 Å². The summed E-state index contributed by atoms with van der Waals surface area (Å²) in [6, 6.07) is 0. The molecular weight excluding hydrogens is 1290 g/mol. The molecular formula is C80H156O17P2. The molecule has 0 bridgehead atoms. The molecule has 2 unspecified atom stereocenters. The molecule has 0 rings (SSSR count). The third-order valence-corrected chi connectivity index (χ3v) is 20.8. The Kier molecular flexibility index (Phi) is 72.9. The molecule has 0 saturated carbocycles. The first kappa shape index (κ1) is 97.1. The Morgan fingerprint density at radius 2 is 0.404 bits per heavy atom. The molecule has 0 aliphatic carbocycles. The second-order valence-corrected chi connectivity index (χ2v) is 31.7. The Morgan fingerprint density at radius 1 is 0.242 bits per heavy atom. The van der Waals surface area contributed by atoms with Gasteiger partial charge < -0.3 is 33.8 Å². The molecule has 588 valence electrons. The molecule has 0 aliphatic heterocycles. The van der Waals surface area contributed by atoms with E-state index in [1.165, 1.54) is 263 Å². The van der Waals surface area contributed by atoms with Crippen molar-refractivity contribution in [2.75, 3.05) is 39.6 Å². The van der Waals surface area contributed by atoms with Crippen LogP contribution in [0, 0.1) is 0 Å². The molecule has 17 nitrogen and oxygen atoms in total. The van der Waals surface area contributed by atoms with E-state index in [0.29, 0.717) is 25.7 Å². The molecule has 0 heterocycles. The number of aliphatic hydroxyl groups excluding tert-OH is 1. The highest BCUT2D eigenvalue weighted by Crippen LogP contribution is 2.45. The van der Waals surface area contributed by atoms with Gasteiger partial charge in [-0.2, -0.15) is 0 Å². The van der Waals surface area contributed by atoms with Gasteiger partial charge >= 0.3 is 39.5 Å². The topological polar surface area (TPSA) is 237 Å². The summed E-state index contributed by atoms with van der Waals surface area (Å²) in [4.78, 5) is 72.9. The van der Waals surface area contributed by atoms with Crippen LogP contribution in [0.4, 0.5) is 0 Å². The van der Waals surface area contributed by atoms with Crippen molar-refractivity contribution in [2.24, 2.45) is 0 Å². The summed E-state index contributed by atoms with van der Waals surface area (Å²) in [5.74, 6) is -2.11. The largest absolute Gasteiger partial charge is 0.472 e. The van der Waals surface area contributed by atoms with Gasteiger partial charge in [-0.25, -0.2) is 9.13 Å². The zero-order valence-electron chi connectivity index (χ0n) is 64.5. The highest BCUT2D eigenvalue weighted by molar-refractivity contribution is 7.47. The van der Waals surface area contributed by atoms with Crippen molar-refractivity contribution in [3.8, 4) is 0 Å². The zero-order chi connectivity index (χ0) is 72.5. The van der Waals surface area contributed by atoms with Gasteiger partial charge in [0.1, 0.15) is 19.3 Å². The number of phosphoric ester groups is 2. The van der Waals surface area contributed by atoms with E-state index in [1.54, 1.807) is 0 Å².